The van der Waals surface area contributed by atoms with Crippen LogP contribution in [0.2, 0.25) is 0 Å². The number of benzene rings is 2. The van der Waals surface area contributed by atoms with Crippen molar-refractivity contribution in [3.63, 3.8) is 0 Å². The molecule has 3 rings (SSSR count). The largest absolute Gasteiger partial charge is 0.481 e. The van der Waals surface area contributed by atoms with Gasteiger partial charge in [0.1, 0.15) is 0 Å². The topological polar surface area (TPSA) is 50.2 Å². The summed E-state index contributed by atoms with van der Waals surface area (Å²) in [6.45, 7) is 0. The van der Waals surface area contributed by atoms with Crippen LogP contribution in [0.1, 0.15) is 42.9 Å². The highest BCUT2D eigenvalue weighted by atomic mass is 16.4. The third kappa shape index (κ3) is 3.99. The molecule has 3 nitrogen and oxygen atoms in total. The summed E-state index contributed by atoms with van der Waals surface area (Å²) < 4.78 is 0. The van der Waals surface area contributed by atoms with Crippen LogP contribution < -0.4 is 0 Å². The Hall–Kier alpha value is -2.68. The molecular formula is C21H21NO2. The Labute approximate surface area is 142 Å². The highest BCUT2D eigenvalue weighted by Crippen LogP contribution is 2.30. The smallest absolute Gasteiger partial charge is 0.303 e. The molecule has 0 saturated heterocycles. The first-order valence-corrected chi connectivity index (χ1v) is 8.36. The van der Waals surface area contributed by atoms with Crippen molar-refractivity contribution in [2.75, 3.05) is 0 Å². The van der Waals surface area contributed by atoms with E-state index in [2.05, 4.69) is 30.3 Å². The van der Waals surface area contributed by atoms with Gasteiger partial charge in [-0.2, -0.15) is 0 Å². The molecule has 0 saturated carbocycles. The zero-order valence-corrected chi connectivity index (χ0v) is 13.6. The van der Waals surface area contributed by atoms with Crippen LogP contribution in [0.4, 0.5) is 0 Å². The molecule has 0 radical (unpaired) electrons. The van der Waals surface area contributed by atoms with Gasteiger partial charge in [0.15, 0.2) is 0 Å². The van der Waals surface area contributed by atoms with Crippen LogP contribution in [-0.2, 0) is 4.79 Å². The number of carboxylic acids is 1. The zero-order chi connectivity index (χ0) is 16.8. The number of unbranched alkanes of at least 4 members (excludes halogenated alkanes) is 1. The monoisotopic (exact) mass is 319 g/mol. The van der Waals surface area contributed by atoms with Gasteiger partial charge in [0, 0.05) is 23.4 Å². The minimum absolute atomic E-state index is 0.199. The standard InChI is InChI=1S/C21H21NO2/c23-21(24)13-7-5-11-18(16-8-2-1-3-9-16)20-15-14-17-10-4-6-12-19(17)22-20/h1-4,6,8-10,12,14-15,18H,5,7,11,13H2,(H,23,24). The SMILES string of the molecule is O=C(O)CCCCC(c1ccccc1)c1ccc2ccccc2n1. The first kappa shape index (κ1) is 16.2. The Morgan fingerprint density at radius 2 is 1.67 bits per heavy atom. The van der Waals surface area contributed by atoms with Crippen molar-refractivity contribution in [2.45, 2.75) is 31.6 Å². The van der Waals surface area contributed by atoms with Crippen molar-refractivity contribution in [3.8, 4) is 0 Å². The second-order valence-corrected chi connectivity index (χ2v) is 6.03. The highest BCUT2D eigenvalue weighted by molar-refractivity contribution is 5.78. The minimum Gasteiger partial charge on any atom is -0.481 e. The molecule has 0 aliphatic carbocycles. The van der Waals surface area contributed by atoms with E-state index in [1.807, 2.05) is 36.4 Å². The van der Waals surface area contributed by atoms with Crippen LogP contribution in [0.3, 0.4) is 0 Å². The van der Waals surface area contributed by atoms with E-state index in [9.17, 15) is 4.79 Å². The van der Waals surface area contributed by atoms with Crippen LogP contribution in [0.25, 0.3) is 10.9 Å². The molecule has 24 heavy (non-hydrogen) atoms. The first-order valence-electron chi connectivity index (χ1n) is 8.36. The van der Waals surface area contributed by atoms with Gasteiger partial charge < -0.3 is 5.11 Å². The summed E-state index contributed by atoms with van der Waals surface area (Å²) in [5, 5.41) is 9.96. The molecule has 2 aromatic carbocycles. The molecule has 0 aliphatic heterocycles. The fourth-order valence-corrected chi connectivity index (χ4v) is 3.07. The molecule has 3 aromatic rings. The van der Waals surface area contributed by atoms with E-state index in [1.165, 1.54) is 5.56 Å². The molecule has 1 aromatic heterocycles. The van der Waals surface area contributed by atoms with Gasteiger partial charge in [-0.3, -0.25) is 9.78 Å². The number of hydrogen-bond acceptors (Lipinski definition) is 2. The van der Waals surface area contributed by atoms with E-state index >= 15 is 0 Å². The van der Waals surface area contributed by atoms with Crippen LogP contribution in [0.15, 0.2) is 66.7 Å². The molecule has 1 N–H and O–H groups in total. The predicted octanol–water partition coefficient (Wildman–Crippen LogP) is 5.01. The molecule has 0 spiro atoms. The third-order valence-electron chi connectivity index (χ3n) is 4.31. The third-order valence-corrected chi connectivity index (χ3v) is 4.31. The number of pyridine rings is 1. The van der Waals surface area contributed by atoms with Crippen LogP contribution in [-0.4, -0.2) is 16.1 Å². The van der Waals surface area contributed by atoms with Gasteiger partial charge >= 0.3 is 5.97 Å². The maximum absolute atomic E-state index is 10.7. The minimum atomic E-state index is -0.727. The van der Waals surface area contributed by atoms with Gasteiger partial charge in [-0.25, -0.2) is 0 Å². The lowest BCUT2D eigenvalue weighted by molar-refractivity contribution is -0.137. The predicted molar refractivity (Wildman–Crippen MR) is 96.1 cm³/mol. The molecule has 0 aliphatic rings. The molecule has 122 valence electrons. The van der Waals surface area contributed by atoms with E-state index in [0.29, 0.717) is 6.42 Å². The van der Waals surface area contributed by atoms with E-state index < -0.39 is 5.97 Å². The number of aliphatic carboxylic acids is 1. The second-order valence-electron chi connectivity index (χ2n) is 6.03. The summed E-state index contributed by atoms with van der Waals surface area (Å²) in [4.78, 5) is 15.6. The van der Waals surface area contributed by atoms with Gasteiger partial charge in [-0.15, -0.1) is 0 Å². The Balaban J connectivity index is 1.86. The molecule has 0 amide bonds. The molecule has 1 heterocycles. The molecule has 0 fully saturated rings. The highest BCUT2D eigenvalue weighted by Gasteiger charge is 2.16. The number of hydrogen-bond donors (Lipinski definition) is 1. The average Bonchev–Trinajstić information content (AvgIpc) is 2.62. The molecule has 1 unspecified atom stereocenters. The summed E-state index contributed by atoms with van der Waals surface area (Å²) in [6, 6.07) is 22.7. The number of aromatic nitrogens is 1. The zero-order valence-electron chi connectivity index (χ0n) is 13.6. The van der Waals surface area contributed by atoms with Gasteiger partial charge in [0.25, 0.3) is 0 Å². The second kappa shape index (κ2) is 7.73. The maximum Gasteiger partial charge on any atom is 0.303 e. The first-order chi connectivity index (χ1) is 11.7. The quantitative estimate of drug-likeness (QED) is 0.623. The number of carbonyl (C=O) groups is 1. The van der Waals surface area contributed by atoms with Crippen molar-refractivity contribution >= 4 is 16.9 Å². The van der Waals surface area contributed by atoms with E-state index in [-0.39, 0.29) is 12.3 Å². The van der Waals surface area contributed by atoms with E-state index in [1.54, 1.807) is 0 Å². The lowest BCUT2D eigenvalue weighted by Gasteiger charge is -2.17. The Morgan fingerprint density at radius 3 is 2.46 bits per heavy atom. The fourth-order valence-electron chi connectivity index (χ4n) is 3.07. The van der Waals surface area contributed by atoms with Crippen LogP contribution >= 0.6 is 0 Å². The van der Waals surface area contributed by atoms with Crippen LogP contribution in [0.5, 0.6) is 0 Å². The Morgan fingerprint density at radius 1 is 0.917 bits per heavy atom. The summed E-state index contributed by atoms with van der Waals surface area (Å²) in [7, 11) is 0. The lowest BCUT2D eigenvalue weighted by atomic mass is 9.89. The number of fused-ring (bicyclic) bond motifs is 1. The summed E-state index contributed by atoms with van der Waals surface area (Å²) >= 11 is 0. The Bertz CT molecular complexity index is 814. The number of para-hydroxylation sites is 1. The normalized spacial score (nSPS) is 12.2. The summed E-state index contributed by atoms with van der Waals surface area (Å²) in [5.74, 6) is -0.528. The Kier molecular flexibility index (Phi) is 5.22. The van der Waals surface area contributed by atoms with Gasteiger partial charge in [0.05, 0.1) is 5.52 Å². The van der Waals surface area contributed by atoms with Crippen molar-refractivity contribution in [3.05, 3.63) is 78.0 Å². The summed E-state index contributed by atoms with van der Waals surface area (Å²) in [5.41, 5.74) is 3.28. The van der Waals surface area contributed by atoms with Gasteiger partial charge in [-0.1, -0.05) is 61.0 Å². The number of nitrogens with zero attached hydrogens (tertiary/aromatic N) is 1. The number of rotatable bonds is 7. The van der Waals surface area contributed by atoms with Crippen molar-refractivity contribution < 1.29 is 9.90 Å². The molecule has 1 atom stereocenters. The molecular weight excluding hydrogens is 298 g/mol. The molecule has 3 heteroatoms. The van der Waals surface area contributed by atoms with Crippen molar-refractivity contribution in [2.24, 2.45) is 0 Å². The van der Waals surface area contributed by atoms with Gasteiger partial charge in [0.2, 0.25) is 0 Å². The maximum atomic E-state index is 10.7. The van der Waals surface area contributed by atoms with Crippen LogP contribution in [0, 0.1) is 0 Å². The van der Waals surface area contributed by atoms with E-state index in [0.717, 1.165) is 29.4 Å². The van der Waals surface area contributed by atoms with Crippen molar-refractivity contribution in [1.29, 1.82) is 0 Å². The molecule has 0 bridgehead atoms. The number of carboxylic acid groups (broad SMARTS) is 1. The van der Waals surface area contributed by atoms with E-state index in [4.69, 9.17) is 10.1 Å². The van der Waals surface area contributed by atoms with Gasteiger partial charge in [-0.05, 0) is 30.5 Å². The summed E-state index contributed by atoms with van der Waals surface area (Å²) in [6.07, 6.45) is 2.71. The van der Waals surface area contributed by atoms with Crippen molar-refractivity contribution in [1.82, 2.24) is 4.98 Å². The fraction of sp³-hybridized carbons (Fsp3) is 0.238. The lowest BCUT2D eigenvalue weighted by Crippen LogP contribution is -2.04. The average molecular weight is 319 g/mol.